The Bertz CT molecular complexity index is 893. The van der Waals surface area contributed by atoms with Crippen LogP contribution in [-0.4, -0.2) is 27.5 Å². The van der Waals surface area contributed by atoms with Gasteiger partial charge in [0, 0.05) is 34.4 Å². The van der Waals surface area contributed by atoms with Gasteiger partial charge < -0.3 is 4.90 Å². The number of anilines is 1. The van der Waals surface area contributed by atoms with E-state index in [2.05, 4.69) is 40.8 Å². The smallest absolute Gasteiger partial charge is 0.140 e. The maximum Gasteiger partial charge on any atom is 0.140 e. The van der Waals surface area contributed by atoms with Crippen LogP contribution in [0, 0.1) is 6.92 Å². The lowest BCUT2D eigenvalue weighted by molar-refractivity contribution is 0.686. The van der Waals surface area contributed by atoms with E-state index < -0.39 is 10.8 Å². The molecule has 24 heavy (non-hydrogen) atoms. The Balaban J connectivity index is 1.97. The quantitative estimate of drug-likeness (QED) is 0.724. The molecule has 1 heterocycles. The van der Waals surface area contributed by atoms with Crippen LogP contribution < -0.4 is 4.90 Å². The zero-order valence-electron chi connectivity index (χ0n) is 14.4. The summed E-state index contributed by atoms with van der Waals surface area (Å²) in [6, 6.07) is 14.3. The average molecular weight is 339 g/mol. The van der Waals surface area contributed by atoms with Gasteiger partial charge in [-0.05, 0) is 43.7 Å². The zero-order valence-corrected chi connectivity index (χ0v) is 15.2. The summed E-state index contributed by atoms with van der Waals surface area (Å²) in [6.45, 7) is 4.21. The van der Waals surface area contributed by atoms with Crippen molar-refractivity contribution >= 4 is 27.5 Å². The first kappa shape index (κ1) is 16.6. The number of aryl methyl sites for hydroxylation is 1. The van der Waals surface area contributed by atoms with E-state index >= 15 is 0 Å². The minimum atomic E-state index is -0.953. The molecule has 0 radical (unpaired) electrons. The monoisotopic (exact) mass is 339 g/mol. The molecule has 0 saturated heterocycles. The molecule has 2 atom stereocenters. The van der Waals surface area contributed by atoms with Crippen molar-refractivity contribution in [1.29, 1.82) is 0 Å². The lowest BCUT2D eigenvalue weighted by Crippen LogP contribution is -2.23. The Hall–Kier alpha value is -2.27. The Kier molecular flexibility index (Phi) is 4.62. The first-order valence-corrected chi connectivity index (χ1v) is 9.41. The topological polar surface area (TPSA) is 46.1 Å². The van der Waals surface area contributed by atoms with Crippen LogP contribution in [-0.2, 0) is 10.8 Å². The number of hydrogen-bond acceptors (Lipinski definition) is 4. The summed E-state index contributed by atoms with van der Waals surface area (Å²) in [6.07, 6.45) is 3.31. The van der Waals surface area contributed by atoms with Crippen molar-refractivity contribution in [3.8, 4) is 0 Å². The Morgan fingerprint density at radius 2 is 1.79 bits per heavy atom. The van der Waals surface area contributed by atoms with Gasteiger partial charge in [-0.2, -0.15) is 0 Å². The first-order valence-electron chi connectivity index (χ1n) is 7.85. The summed E-state index contributed by atoms with van der Waals surface area (Å²) in [7, 11) is 1.09. The highest BCUT2D eigenvalue weighted by molar-refractivity contribution is 7.84. The Labute approximate surface area is 145 Å². The summed E-state index contributed by atoms with van der Waals surface area (Å²) in [4.78, 5) is 11.9. The molecule has 3 rings (SSSR count). The van der Waals surface area contributed by atoms with Crippen molar-refractivity contribution in [1.82, 2.24) is 9.97 Å². The van der Waals surface area contributed by atoms with Crippen LogP contribution in [0.1, 0.15) is 24.1 Å². The molecule has 3 aromatic rings. The fourth-order valence-corrected chi connectivity index (χ4v) is 3.30. The highest BCUT2D eigenvalue weighted by Gasteiger charge is 2.16. The average Bonchev–Trinajstić information content (AvgIpc) is 2.60. The van der Waals surface area contributed by atoms with Crippen molar-refractivity contribution < 1.29 is 4.21 Å². The summed E-state index contributed by atoms with van der Waals surface area (Å²) in [5.74, 6) is 0.916. The first-order chi connectivity index (χ1) is 11.5. The predicted octanol–water partition coefficient (Wildman–Crippen LogP) is 3.87. The zero-order chi connectivity index (χ0) is 17.3. The fourth-order valence-electron chi connectivity index (χ4n) is 2.78. The molecule has 0 spiro atoms. The normalized spacial score (nSPS) is 13.7. The van der Waals surface area contributed by atoms with Crippen molar-refractivity contribution in [2.24, 2.45) is 0 Å². The van der Waals surface area contributed by atoms with E-state index in [0.717, 1.165) is 27.2 Å². The molecule has 124 valence electrons. The van der Waals surface area contributed by atoms with E-state index in [1.54, 1.807) is 12.6 Å². The molecule has 2 unspecified atom stereocenters. The molecule has 0 aliphatic rings. The molecule has 4 nitrogen and oxygen atoms in total. The molecule has 0 amide bonds. The Morgan fingerprint density at radius 1 is 1.08 bits per heavy atom. The van der Waals surface area contributed by atoms with Gasteiger partial charge in [0.1, 0.15) is 12.1 Å². The van der Waals surface area contributed by atoms with Crippen LogP contribution >= 0.6 is 0 Å². The minimum absolute atomic E-state index is 0.142. The van der Waals surface area contributed by atoms with Crippen molar-refractivity contribution in [2.75, 3.05) is 18.2 Å². The SMILES string of the molecule is Cc1ccc2ncnc(N(C)C(C)c3ccc(S(C)=O)cc3)c2c1. The molecule has 0 bridgehead atoms. The molecule has 2 aromatic carbocycles. The van der Waals surface area contributed by atoms with Gasteiger partial charge in [0.25, 0.3) is 0 Å². The molecule has 5 heteroatoms. The number of benzene rings is 2. The fraction of sp³-hybridized carbons (Fsp3) is 0.263. The van der Waals surface area contributed by atoms with Gasteiger partial charge in [0.2, 0.25) is 0 Å². The van der Waals surface area contributed by atoms with Gasteiger partial charge in [0.15, 0.2) is 0 Å². The van der Waals surface area contributed by atoms with Crippen LogP contribution in [0.5, 0.6) is 0 Å². The van der Waals surface area contributed by atoms with E-state index in [9.17, 15) is 4.21 Å². The Morgan fingerprint density at radius 3 is 2.46 bits per heavy atom. The second-order valence-corrected chi connectivity index (χ2v) is 7.41. The van der Waals surface area contributed by atoms with Crippen LogP contribution in [0.15, 0.2) is 53.7 Å². The van der Waals surface area contributed by atoms with Crippen molar-refractivity contribution in [3.63, 3.8) is 0 Å². The molecule has 0 N–H and O–H groups in total. The maximum atomic E-state index is 11.5. The second kappa shape index (κ2) is 6.69. The van der Waals surface area contributed by atoms with E-state index in [1.165, 1.54) is 5.56 Å². The van der Waals surface area contributed by atoms with Gasteiger partial charge in [-0.25, -0.2) is 9.97 Å². The standard InChI is InChI=1S/C19H21N3OS/c1-13-5-10-18-17(11-13)19(21-12-20-18)22(3)14(2)15-6-8-16(9-7-15)24(4)23/h5-12,14H,1-4H3. The second-order valence-electron chi connectivity index (χ2n) is 6.03. The number of rotatable bonds is 4. The summed E-state index contributed by atoms with van der Waals surface area (Å²) in [5, 5.41) is 1.05. The van der Waals surface area contributed by atoms with Crippen LogP contribution in [0.4, 0.5) is 5.82 Å². The van der Waals surface area contributed by atoms with E-state index in [0.29, 0.717) is 0 Å². The molecule has 0 aliphatic heterocycles. The third-order valence-corrected chi connectivity index (χ3v) is 5.32. The van der Waals surface area contributed by atoms with E-state index in [1.807, 2.05) is 37.4 Å². The summed E-state index contributed by atoms with van der Waals surface area (Å²) < 4.78 is 11.5. The lowest BCUT2D eigenvalue weighted by Gasteiger charge is -2.27. The number of hydrogen-bond donors (Lipinski definition) is 0. The van der Waals surface area contributed by atoms with Gasteiger partial charge in [-0.3, -0.25) is 4.21 Å². The molecule has 1 aromatic heterocycles. The highest BCUT2D eigenvalue weighted by atomic mass is 32.2. The van der Waals surface area contributed by atoms with Gasteiger partial charge in [0.05, 0.1) is 11.6 Å². The largest absolute Gasteiger partial charge is 0.352 e. The molecular formula is C19H21N3OS. The number of nitrogens with zero attached hydrogens (tertiary/aromatic N) is 3. The minimum Gasteiger partial charge on any atom is -0.352 e. The van der Waals surface area contributed by atoms with Crippen LogP contribution in [0.2, 0.25) is 0 Å². The summed E-state index contributed by atoms with van der Waals surface area (Å²) in [5.41, 5.74) is 3.29. The highest BCUT2D eigenvalue weighted by Crippen LogP contribution is 2.29. The molecular weight excluding hydrogens is 318 g/mol. The van der Waals surface area contributed by atoms with E-state index in [4.69, 9.17) is 0 Å². The van der Waals surface area contributed by atoms with E-state index in [-0.39, 0.29) is 6.04 Å². The maximum absolute atomic E-state index is 11.5. The lowest BCUT2D eigenvalue weighted by atomic mass is 10.1. The van der Waals surface area contributed by atoms with Gasteiger partial charge >= 0.3 is 0 Å². The van der Waals surface area contributed by atoms with Gasteiger partial charge in [-0.15, -0.1) is 0 Å². The third kappa shape index (κ3) is 3.17. The van der Waals surface area contributed by atoms with Crippen molar-refractivity contribution in [3.05, 3.63) is 59.9 Å². The van der Waals surface area contributed by atoms with Crippen molar-refractivity contribution in [2.45, 2.75) is 24.8 Å². The molecule has 0 aliphatic carbocycles. The van der Waals surface area contributed by atoms with Crippen LogP contribution in [0.3, 0.4) is 0 Å². The molecule has 0 fully saturated rings. The number of aromatic nitrogens is 2. The molecule has 0 saturated carbocycles. The van der Waals surface area contributed by atoms with Crippen LogP contribution in [0.25, 0.3) is 10.9 Å². The predicted molar refractivity (Wildman–Crippen MR) is 99.9 cm³/mol. The van der Waals surface area contributed by atoms with Gasteiger partial charge in [-0.1, -0.05) is 23.8 Å². The third-order valence-electron chi connectivity index (χ3n) is 4.38. The summed E-state index contributed by atoms with van der Waals surface area (Å²) >= 11 is 0. The number of fused-ring (bicyclic) bond motifs is 1.